The van der Waals surface area contributed by atoms with Crippen molar-refractivity contribution in [3.8, 4) is 6.07 Å². The molecule has 3 nitrogen and oxygen atoms in total. The van der Waals surface area contributed by atoms with Gasteiger partial charge in [0.2, 0.25) is 5.91 Å². The molecule has 6 heteroatoms. The molecule has 0 aliphatic carbocycles. The highest BCUT2D eigenvalue weighted by molar-refractivity contribution is 5.76. The van der Waals surface area contributed by atoms with Gasteiger partial charge in [-0.05, 0) is 23.7 Å². The minimum atomic E-state index is -4.46. The second kappa shape index (κ2) is 5.63. The van der Waals surface area contributed by atoms with Crippen LogP contribution >= 0.6 is 0 Å². The summed E-state index contributed by atoms with van der Waals surface area (Å²) in [5.74, 6) is -0.864. The van der Waals surface area contributed by atoms with Gasteiger partial charge in [0.1, 0.15) is 6.42 Å². The van der Waals surface area contributed by atoms with E-state index in [9.17, 15) is 18.0 Å². The van der Waals surface area contributed by atoms with E-state index in [1.54, 1.807) is 0 Å². The van der Waals surface area contributed by atoms with Crippen LogP contribution in [0.2, 0.25) is 0 Å². The fourth-order valence-corrected chi connectivity index (χ4v) is 2.81. The lowest BCUT2D eigenvalue weighted by Gasteiger charge is -2.49. The predicted molar refractivity (Wildman–Crippen MR) is 68.6 cm³/mol. The van der Waals surface area contributed by atoms with Crippen molar-refractivity contribution in [2.24, 2.45) is 10.8 Å². The first-order valence-corrected chi connectivity index (χ1v) is 6.72. The summed E-state index contributed by atoms with van der Waals surface area (Å²) in [5, 5.41) is 9.00. The van der Waals surface area contributed by atoms with E-state index in [0.29, 0.717) is 32.4 Å². The first-order chi connectivity index (χ1) is 9.01. The molecule has 0 saturated carbocycles. The van der Waals surface area contributed by atoms with E-state index in [2.05, 4.69) is 6.07 Å². The standard InChI is InChI=1S/C14H21F3N2O/c1-12(2,3)13(4-7-18)5-8-19(9-6-13)11(20)10-14(15,16)17/h4-6,8-10H2,1-3H3. The Morgan fingerprint density at radius 2 is 1.75 bits per heavy atom. The molecule has 0 unspecified atom stereocenters. The number of hydrogen-bond donors (Lipinski definition) is 0. The van der Waals surface area contributed by atoms with Crippen molar-refractivity contribution in [2.45, 2.75) is 52.6 Å². The summed E-state index contributed by atoms with van der Waals surface area (Å²) in [6, 6.07) is 2.18. The second-order valence-electron chi connectivity index (χ2n) is 6.54. The zero-order valence-corrected chi connectivity index (χ0v) is 12.2. The average molecular weight is 290 g/mol. The molecular formula is C14H21F3N2O. The Labute approximate surface area is 117 Å². The van der Waals surface area contributed by atoms with Crippen LogP contribution in [0.4, 0.5) is 13.2 Å². The summed E-state index contributed by atoms with van der Waals surface area (Å²) in [7, 11) is 0. The minimum Gasteiger partial charge on any atom is -0.342 e. The van der Waals surface area contributed by atoms with E-state index >= 15 is 0 Å². The topological polar surface area (TPSA) is 44.1 Å². The highest BCUT2D eigenvalue weighted by atomic mass is 19.4. The lowest BCUT2D eigenvalue weighted by Crippen LogP contribution is -2.48. The zero-order chi connectivity index (χ0) is 15.6. The molecule has 0 radical (unpaired) electrons. The van der Waals surface area contributed by atoms with Crippen LogP contribution in [0.3, 0.4) is 0 Å². The van der Waals surface area contributed by atoms with Gasteiger partial charge in [0.05, 0.1) is 6.07 Å². The number of carbonyl (C=O) groups excluding carboxylic acids is 1. The summed E-state index contributed by atoms with van der Waals surface area (Å²) >= 11 is 0. The molecule has 114 valence electrons. The SMILES string of the molecule is CC(C)(C)C1(CC#N)CCN(C(=O)CC(F)(F)F)CC1. The van der Waals surface area contributed by atoms with Crippen LogP contribution in [0.1, 0.15) is 46.5 Å². The van der Waals surface area contributed by atoms with E-state index in [-0.39, 0.29) is 10.8 Å². The Bertz CT molecular complexity index is 396. The van der Waals surface area contributed by atoms with Crippen molar-refractivity contribution < 1.29 is 18.0 Å². The van der Waals surface area contributed by atoms with Crippen molar-refractivity contribution in [1.82, 2.24) is 4.90 Å². The van der Waals surface area contributed by atoms with Gasteiger partial charge < -0.3 is 4.90 Å². The number of hydrogen-bond acceptors (Lipinski definition) is 2. The first-order valence-electron chi connectivity index (χ1n) is 6.72. The Morgan fingerprint density at radius 1 is 1.25 bits per heavy atom. The molecule has 1 aliphatic heterocycles. The number of halogens is 3. The lowest BCUT2D eigenvalue weighted by atomic mass is 9.60. The Kier molecular flexibility index (Phi) is 4.73. The summed E-state index contributed by atoms with van der Waals surface area (Å²) in [6.45, 7) is 6.72. The fraction of sp³-hybridized carbons (Fsp3) is 0.857. The molecule has 1 aliphatic rings. The Morgan fingerprint density at radius 3 is 2.10 bits per heavy atom. The lowest BCUT2D eigenvalue weighted by molar-refractivity contribution is -0.163. The second-order valence-corrected chi connectivity index (χ2v) is 6.54. The number of alkyl halides is 3. The molecule has 1 fully saturated rings. The molecule has 0 aromatic carbocycles. The van der Waals surface area contributed by atoms with Gasteiger partial charge in [0.25, 0.3) is 0 Å². The van der Waals surface area contributed by atoms with Gasteiger partial charge >= 0.3 is 6.18 Å². The number of nitriles is 1. The van der Waals surface area contributed by atoms with Crippen molar-refractivity contribution in [3.63, 3.8) is 0 Å². The number of piperidine rings is 1. The molecule has 1 amide bonds. The molecule has 20 heavy (non-hydrogen) atoms. The third kappa shape index (κ3) is 3.87. The fourth-order valence-electron chi connectivity index (χ4n) is 2.81. The average Bonchev–Trinajstić information content (AvgIpc) is 2.26. The molecule has 0 N–H and O–H groups in total. The monoisotopic (exact) mass is 290 g/mol. The smallest absolute Gasteiger partial charge is 0.342 e. The molecule has 0 aromatic heterocycles. The molecule has 1 rings (SSSR count). The predicted octanol–water partition coefficient (Wildman–Crippen LogP) is 3.51. The van der Waals surface area contributed by atoms with Crippen LogP contribution in [0, 0.1) is 22.2 Å². The van der Waals surface area contributed by atoms with Gasteiger partial charge in [-0.2, -0.15) is 18.4 Å². The summed E-state index contributed by atoms with van der Waals surface area (Å²) in [6.07, 6.45) is -4.32. The third-order valence-corrected chi connectivity index (χ3v) is 4.43. The molecule has 1 saturated heterocycles. The van der Waals surface area contributed by atoms with E-state index in [4.69, 9.17) is 5.26 Å². The highest BCUT2D eigenvalue weighted by Crippen LogP contribution is 2.49. The largest absolute Gasteiger partial charge is 0.397 e. The Hall–Kier alpha value is -1.25. The van der Waals surface area contributed by atoms with Crippen LogP contribution in [0.5, 0.6) is 0 Å². The maximum atomic E-state index is 12.2. The molecule has 0 atom stereocenters. The van der Waals surface area contributed by atoms with Gasteiger partial charge in [-0.1, -0.05) is 20.8 Å². The van der Waals surface area contributed by atoms with Gasteiger partial charge in [-0.3, -0.25) is 4.79 Å². The molecule has 0 spiro atoms. The van der Waals surface area contributed by atoms with E-state index < -0.39 is 18.5 Å². The third-order valence-electron chi connectivity index (χ3n) is 4.43. The van der Waals surface area contributed by atoms with Crippen molar-refractivity contribution in [3.05, 3.63) is 0 Å². The number of amides is 1. The number of nitrogens with zero attached hydrogens (tertiary/aromatic N) is 2. The van der Waals surface area contributed by atoms with Crippen molar-refractivity contribution >= 4 is 5.91 Å². The maximum Gasteiger partial charge on any atom is 0.397 e. The summed E-state index contributed by atoms with van der Waals surface area (Å²) < 4.78 is 36.7. The van der Waals surface area contributed by atoms with Crippen molar-refractivity contribution in [2.75, 3.05) is 13.1 Å². The summed E-state index contributed by atoms with van der Waals surface area (Å²) in [5.41, 5.74) is -0.335. The van der Waals surface area contributed by atoms with E-state index in [0.717, 1.165) is 0 Å². The molecule has 0 bridgehead atoms. The van der Waals surface area contributed by atoms with Crippen molar-refractivity contribution in [1.29, 1.82) is 5.26 Å². The maximum absolute atomic E-state index is 12.2. The van der Waals surface area contributed by atoms with Gasteiger partial charge in [0.15, 0.2) is 0 Å². The van der Waals surface area contributed by atoms with Gasteiger partial charge in [-0.15, -0.1) is 0 Å². The van der Waals surface area contributed by atoms with Crippen LogP contribution in [0.25, 0.3) is 0 Å². The van der Waals surface area contributed by atoms with Gasteiger partial charge in [0, 0.05) is 19.5 Å². The van der Waals surface area contributed by atoms with Crippen LogP contribution in [0.15, 0.2) is 0 Å². The molecular weight excluding hydrogens is 269 g/mol. The Balaban J connectivity index is 2.71. The minimum absolute atomic E-state index is 0.109. The van der Waals surface area contributed by atoms with Crippen LogP contribution in [-0.4, -0.2) is 30.1 Å². The number of likely N-dealkylation sites (tertiary alicyclic amines) is 1. The summed E-state index contributed by atoms with van der Waals surface area (Å²) in [4.78, 5) is 12.8. The van der Waals surface area contributed by atoms with E-state index in [1.807, 2.05) is 20.8 Å². The first kappa shape index (κ1) is 16.8. The molecule has 1 heterocycles. The van der Waals surface area contributed by atoms with Crippen LogP contribution < -0.4 is 0 Å². The number of rotatable bonds is 2. The normalized spacial score (nSPS) is 19.6. The van der Waals surface area contributed by atoms with E-state index in [1.165, 1.54) is 4.90 Å². The zero-order valence-electron chi connectivity index (χ0n) is 12.2. The number of carbonyl (C=O) groups is 1. The van der Waals surface area contributed by atoms with Gasteiger partial charge in [-0.25, -0.2) is 0 Å². The molecule has 0 aromatic rings. The highest BCUT2D eigenvalue weighted by Gasteiger charge is 2.45. The van der Waals surface area contributed by atoms with Crippen LogP contribution in [-0.2, 0) is 4.79 Å². The quantitative estimate of drug-likeness (QED) is 0.781.